The van der Waals surface area contributed by atoms with E-state index in [0.29, 0.717) is 23.8 Å². The van der Waals surface area contributed by atoms with Crippen LogP contribution in [0.2, 0.25) is 0 Å². The van der Waals surface area contributed by atoms with Crippen LogP contribution in [0.5, 0.6) is 5.75 Å². The monoisotopic (exact) mass is 358 g/mol. The molecular weight excluding hydrogens is 332 g/mol. The lowest BCUT2D eigenvalue weighted by atomic mass is 9.98. The van der Waals surface area contributed by atoms with Gasteiger partial charge in [-0.05, 0) is 36.5 Å². The van der Waals surface area contributed by atoms with Crippen LogP contribution in [0.1, 0.15) is 25.3 Å². The number of carbonyl (C=O) groups is 2. The normalized spacial score (nSPS) is 21.0. The number of benzene rings is 1. The quantitative estimate of drug-likeness (QED) is 0.730. The third-order valence-electron chi connectivity index (χ3n) is 5.01. The minimum Gasteiger partial charge on any atom is -0.497 e. The molecule has 1 unspecified atom stereocenters. The van der Waals surface area contributed by atoms with Gasteiger partial charge in [-0.3, -0.25) is 14.5 Å². The van der Waals surface area contributed by atoms with Crippen molar-refractivity contribution in [3.63, 3.8) is 0 Å². The number of hydrogen-bond donors (Lipinski definition) is 0. The van der Waals surface area contributed by atoms with Gasteiger partial charge in [0.25, 0.3) is 11.8 Å². The standard InChI is InChI=1S/C20H26N2O4/c1-14-5-4-10-21(13-14)18-17(15-6-8-16(26-3)9-7-15)19(23)22(20(18)24)11-12-25-2/h6-9,14H,4-5,10-13H2,1-3H3. The number of rotatable bonds is 6. The van der Waals surface area contributed by atoms with Crippen LogP contribution in [0.25, 0.3) is 5.57 Å². The Hall–Kier alpha value is -2.34. The van der Waals surface area contributed by atoms with Gasteiger partial charge in [0.15, 0.2) is 0 Å². The van der Waals surface area contributed by atoms with Crippen molar-refractivity contribution >= 4 is 17.4 Å². The topological polar surface area (TPSA) is 59.1 Å². The van der Waals surface area contributed by atoms with Crippen molar-refractivity contribution in [1.29, 1.82) is 0 Å². The summed E-state index contributed by atoms with van der Waals surface area (Å²) in [5.74, 6) is 0.761. The van der Waals surface area contributed by atoms with Crippen molar-refractivity contribution in [1.82, 2.24) is 9.80 Å². The molecule has 1 saturated heterocycles. The van der Waals surface area contributed by atoms with Crippen LogP contribution in [0.3, 0.4) is 0 Å². The zero-order valence-electron chi connectivity index (χ0n) is 15.7. The molecule has 0 spiro atoms. The molecule has 0 bridgehead atoms. The number of hydrogen-bond acceptors (Lipinski definition) is 5. The molecule has 6 nitrogen and oxygen atoms in total. The Labute approximate surface area is 154 Å². The molecule has 26 heavy (non-hydrogen) atoms. The second-order valence-corrected chi connectivity index (χ2v) is 6.90. The molecule has 1 aromatic rings. The van der Waals surface area contributed by atoms with Crippen LogP contribution in [0, 0.1) is 5.92 Å². The van der Waals surface area contributed by atoms with Crippen LogP contribution in [-0.2, 0) is 14.3 Å². The predicted octanol–water partition coefficient (Wildman–Crippen LogP) is 2.15. The van der Waals surface area contributed by atoms with Crippen molar-refractivity contribution in [3.8, 4) is 5.75 Å². The highest BCUT2D eigenvalue weighted by molar-refractivity contribution is 6.35. The zero-order chi connectivity index (χ0) is 18.7. The molecule has 0 aliphatic carbocycles. The minimum absolute atomic E-state index is 0.216. The van der Waals surface area contributed by atoms with E-state index in [9.17, 15) is 9.59 Å². The zero-order valence-corrected chi connectivity index (χ0v) is 15.7. The first-order valence-corrected chi connectivity index (χ1v) is 9.05. The molecule has 2 aliphatic rings. The maximum atomic E-state index is 13.1. The first kappa shape index (κ1) is 18.5. The first-order chi connectivity index (χ1) is 12.6. The van der Waals surface area contributed by atoms with Gasteiger partial charge in [0, 0.05) is 20.2 Å². The fourth-order valence-electron chi connectivity index (χ4n) is 3.65. The summed E-state index contributed by atoms with van der Waals surface area (Å²) in [5.41, 5.74) is 1.77. The Morgan fingerprint density at radius 3 is 2.46 bits per heavy atom. The molecule has 0 aromatic heterocycles. The predicted molar refractivity (Wildman–Crippen MR) is 98.5 cm³/mol. The van der Waals surface area contributed by atoms with Crippen LogP contribution in [-0.4, -0.2) is 62.1 Å². The summed E-state index contributed by atoms with van der Waals surface area (Å²) < 4.78 is 10.3. The molecular formula is C20H26N2O4. The average molecular weight is 358 g/mol. The van der Waals surface area contributed by atoms with Gasteiger partial charge >= 0.3 is 0 Å². The van der Waals surface area contributed by atoms with Crippen molar-refractivity contribution in [3.05, 3.63) is 35.5 Å². The lowest BCUT2D eigenvalue weighted by molar-refractivity contribution is -0.138. The highest BCUT2D eigenvalue weighted by Crippen LogP contribution is 2.34. The van der Waals surface area contributed by atoms with Gasteiger partial charge in [-0.25, -0.2) is 0 Å². The molecule has 1 fully saturated rings. The van der Waals surface area contributed by atoms with Crippen LogP contribution >= 0.6 is 0 Å². The van der Waals surface area contributed by atoms with Crippen molar-refractivity contribution in [2.45, 2.75) is 19.8 Å². The summed E-state index contributed by atoms with van der Waals surface area (Å²) in [7, 11) is 3.17. The number of ether oxygens (including phenoxy) is 2. The van der Waals surface area contributed by atoms with Crippen LogP contribution in [0.4, 0.5) is 0 Å². The van der Waals surface area contributed by atoms with Gasteiger partial charge in [0.05, 0.1) is 25.8 Å². The molecule has 140 valence electrons. The summed E-state index contributed by atoms with van der Waals surface area (Å²) >= 11 is 0. The van der Waals surface area contributed by atoms with E-state index in [1.807, 2.05) is 24.3 Å². The maximum Gasteiger partial charge on any atom is 0.277 e. The number of likely N-dealkylation sites (tertiary alicyclic amines) is 1. The molecule has 0 saturated carbocycles. The van der Waals surface area contributed by atoms with E-state index >= 15 is 0 Å². The highest BCUT2D eigenvalue weighted by Gasteiger charge is 2.41. The van der Waals surface area contributed by atoms with Gasteiger partial charge in [-0.2, -0.15) is 0 Å². The Morgan fingerprint density at radius 1 is 1.12 bits per heavy atom. The van der Waals surface area contributed by atoms with Gasteiger partial charge in [0.2, 0.25) is 0 Å². The van der Waals surface area contributed by atoms with E-state index in [-0.39, 0.29) is 18.4 Å². The molecule has 2 heterocycles. The second-order valence-electron chi connectivity index (χ2n) is 6.90. The van der Waals surface area contributed by atoms with Gasteiger partial charge in [-0.1, -0.05) is 19.1 Å². The number of amides is 2. The molecule has 2 amide bonds. The number of piperidine rings is 1. The molecule has 1 aromatic carbocycles. The first-order valence-electron chi connectivity index (χ1n) is 9.05. The Balaban J connectivity index is 2.01. The summed E-state index contributed by atoms with van der Waals surface area (Å²) in [6, 6.07) is 7.31. The van der Waals surface area contributed by atoms with Gasteiger partial charge in [0.1, 0.15) is 11.4 Å². The summed E-state index contributed by atoms with van der Waals surface area (Å²) in [4.78, 5) is 29.5. The third-order valence-corrected chi connectivity index (χ3v) is 5.01. The van der Waals surface area contributed by atoms with Crippen molar-refractivity contribution in [2.24, 2.45) is 5.92 Å². The Morgan fingerprint density at radius 2 is 1.85 bits per heavy atom. The fourth-order valence-corrected chi connectivity index (χ4v) is 3.65. The van der Waals surface area contributed by atoms with Crippen LogP contribution < -0.4 is 4.74 Å². The second kappa shape index (κ2) is 7.91. The summed E-state index contributed by atoms with van der Waals surface area (Å²) in [6.07, 6.45) is 2.18. The van der Waals surface area contributed by atoms with Gasteiger partial charge < -0.3 is 14.4 Å². The largest absolute Gasteiger partial charge is 0.497 e. The number of carbonyl (C=O) groups excluding carboxylic acids is 2. The molecule has 6 heteroatoms. The molecule has 0 radical (unpaired) electrons. The average Bonchev–Trinajstić information content (AvgIpc) is 2.90. The maximum absolute atomic E-state index is 13.1. The molecule has 1 atom stereocenters. The van der Waals surface area contributed by atoms with E-state index in [1.54, 1.807) is 14.2 Å². The number of nitrogens with zero attached hydrogens (tertiary/aromatic N) is 2. The Kier molecular flexibility index (Phi) is 5.61. The Bertz CT molecular complexity index is 711. The molecule has 2 aliphatic heterocycles. The third kappa shape index (κ3) is 3.46. The summed E-state index contributed by atoms with van der Waals surface area (Å²) in [5, 5.41) is 0. The van der Waals surface area contributed by atoms with E-state index in [4.69, 9.17) is 9.47 Å². The number of imide groups is 1. The van der Waals surface area contributed by atoms with Crippen LogP contribution in [0.15, 0.2) is 30.0 Å². The lowest BCUT2D eigenvalue weighted by Crippen LogP contribution is -2.40. The van der Waals surface area contributed by atoms with E-state index in [1.165, 1.54) is 4.90 Å². The lowest BCUT2D eigenvalue weighted by Gasteiger charge is -2.33. The van der Waals surface area contributed by atoms with Crippen molar-refractivity contribution < 1.29 is 19.1 Å². The highest BCUT2D eigenvalue weighted by atomic mass is 16.5. The minimum atomic E-state index is -0.245. The fraction of sp³-hybridized carbons (Fsp3) is 0.500. The number of methoxy groups -OCH3 is 2. The van der Waals surface area contributed by atoms with Crippen molar-refractivity contribution in [2.75, 3.05) is 40.5 Å². The van der Waals surface area contributed by atoms with E-state index in [0.717, 1.165) is 37.2 Å². The summed E-state index contributed by atoms with van der Waals surface area (Å²) in [6.45, 7) is 4.38. The SMILES string of the molecule is COCCN1C(=O)C(c2ccc(OC)cc2)=C(N2CCCC(C)C2)C1=O. The van der Waals surface area contributed by atoms with E-state index < -0.39 is 0 Å². The molecule has 3 rings (SSSR count). The van der Waals surface area contributed by atoms with Gasteiger partial charge in [-0.15, -0.1) is 0 Å². The molecule has 0 N–H and O–H groups in total. The smallest absolute Gasteiger partial charge is 0.277 e. The van der Waals surface area contributed by atoms with E-state index in [2.05, 4.69) is 11.8 Å².